The van der Waals surface area contributed by atoms with Crippen LogP contribution in [0, 0.1) is 17.3 Å². The van der Waals surface area contributed by atoms with Gasteiger partial charge < -0.3 is 14.6 Å². The highest BCUT2D eigenvalue weighted by atomic mass is 16.6. The third kappa shape index (κ3) is 2.62. The molecule has 0 radical (unpaired) electrons. The molecule has 1 saturated carbocycles. The number of carbonyl (C=O) groups excluding carboxylic acids is 4. The van der Waals surface area contributed by atoms with Crippen molar-refractivity contribution in [3.63, 3.8) is 0 Å². The molecule has 0 aromatic rings. The molecule has 0 spiro atoms. The summed E-state index contributed by atoms with van der Waals surface area (Å²) in [6, 6.07) is 0. The number of aliphatic hydroxyl groups excluding tert-OH is 1. The van der Waals surface area contributed by atoms with Crippen molar-refractivity contribution in [1.29, 1.82) is 0 Å². The van der Waals surface area contributed by atoms with Gasteiger partial charge in [0.1, 0.15) is 17.5 Å². The van der Waals surface area contributed by atoms with Crippen molar-refractivity contribution in [2.45, 2.75) is 71.5 Å². The highest BCUT2D eigenvalue weighted by Gasteiger charge is 2.66. The van der Waals surface area contributed by atoms with E-state index >= 15 is 0 Å². The summed E-state index contributed by atoms with van der Waals surface area (Å²) in [5.74, 6) is -3.21. The van der Waals surface area contributed by atoms with Crippen molar-refractivity contribution in [3.8, 4) is 0 Å². The van der Waals surface area contributed by atoms with Crippen LogP contribution < -0.4 is 0 Å². The molecule has 0 amide bonds. The molecule has 1 aliphatic heterocycles. The zero-order valence-electron chi connectivity index (χ0n) is 17.2. The number of allylic oxidation sites excluding steroid dienone is 1. The van der Waals surface area contributed by atoms with Crippen molar-refractivity contribution in [1.82, 2.24) is 0 Å². The van der Waals surface area contributed by atoms with Crippen LogP contribution in [-0.2, 0) is 28.7 Å². The lowest BCUT2D eigenvalue weighted by atomic mass is 9.60. The molecule has 2 fully saturated rings. The third-order valence-corrected chi connectivity index (χ3v) is 7.16. The molecule has 156 valence electrons. The zero-order valence-corrected chi connectivity index (χ0v) is 17.2. The second kappa shape index (κ2) is 6.28. The summed E-state index contributed by atoms with van der Waals surface area (Å²) in [4.78, 5) is 50.4. The van der Waals surface area contributed by atoms with Crippen LogP contribution in [0.2, 0.25) is 0 Å². The van der Waals surface area contributed by atoms with Gasteiger partial charge in [-0.1, -0.05) is 13.8 Å². The van der Waals surface area contributed by atoms with Crippen LogP contribution in [0.1, 0.15) is 59.8 Å². The molecule has 3 aliphatic carbocycles. The van der Waals surface area contributed by atoms with Gasteiger partial charge in [-0.15, -0.1) is 0 Å². The SMILES string of the molecule is CC(=O)OC1CC2C3(CCCC2(C)C(=O)O3)CC2=C1C(O)=C(C(C)C)C(=O)C2=O. The van der Waals surface area contributed by atoms with E-state index in [-0.39, 0.29) is 53.1 Å². The van der Waals surface area contributed by atoms with E-state index in [9.17, 15) is 24.3 Å². The molecule has 1 saturated heterocycles. The van der Waals surface area contributed by atoms with Crippen LogP contribution in [0.4, 0.5) is 0 Å². The lowest BCUT2D eigenvalue weighted by Gasteiger charge is -2.41. The monoisotopic (exact) mass is 402 g/mol. The number of hydrogen-bond donors (Lipinski definition) is 1. The number of hydrogen-bond acceptors (Lipinski definition) is 7. The van der Waals surface area contributed by atoms with Gasteiger partial charge in [0.15, 0.2) is 0 Å². The molecule has 2 bridgehead atoms. The highest BCUT2D eigenvalue weighted by Crippen LogP contribution is 2.61. The van der Waals surface area contributed by atoms with E-state index in [0.717, 1.165) is 6.42 Å². The lowest BCUT2D eigenvalue weighted by molar-refractivity contribution is -0.153. The van der Waals surface area contributed by atoms with Gasteiger partial charge in [-0.25, -0.2) is 0 Å². The Balaban J connectivity index is 1.93. The Morgan fingerprint density at radius 1 is 1.21 bits per heavy atom. The van der Waals surface area contributed by atoms with Crippen molar-refractivity contribution in [2.75, 3.05) is 0 Å². The summed E-state index contributed by atoms with van der Waals surface area (Å²) in [5.41, 5.74) is -1.28. The van der Waals surface area contributed by atoms with Gasteiger partial charge in [0.25, 0.3) is 0 Å². The normalized spacial score (nSPS) is 36.7. The first-order valence-corrected chi connectivity index (χ1v) is 10.2. The Morgan fingerprint density at radius 2 is 1.90 bits per heavy atom. The molecular formula is C22H26O7. The summed E-state index contributed by atoms with van der Waals surface area (Å²) < 4.78 is 11.4. The van der Waals surface area contributed by atoms with Gasteiger partial charge in [-0.05, 0) is 38.5 Å². The second-order valence-electron chi connectivity index (χ2n) is 9.26. The predicted octanol–water partition coefficient (Wildman–Crippen LogP) is 2.73. The van der Waals surface area contributed by atoms with E-state index in [1.54, 1.807) is 13.8 Å². The van der Waals surface area contributed by atoms with Crippen molar-refractivity contribution in [3.05, 3.63) is 22.5 Å². The Labute approximate surface area is 169 Å². The number of esters is 2. The van der Waals surface area contributed by atoms with E-state index in [1.165, 1.54) is 6.92 Å². The fraction of sp³-hybridized carbons (Fsp3) is 0.636. The molecule has 4 aliphatic rings. The highest BCUT2D eigenvalue weighted by molar-refractivity contribution is 6.50. The number of ketones is 2. The Hall–Kier alpha value is -2.44. The number of carbonyl (C=O) groups is 4. The first-order chi connectivity index (χ1) is 13.5. The van der Waals surface area contributed by atoms with Gasteiger partial charge in [-0.3, -0.25) is 19.2 Å². The first kappa shape index (κ1) is 19.9. The second-order valence-corrected chi connectivity index (χ2v) is 9.26. The lowest BCUT2D eigenvalue weighted by Crippen LogP contribution is -2.45. The number of aliphatic hydroxyl groups is 1. The van der Waals surface area contributed by atoms with Crippen LogP contribution in [0.3, 0.4) is 0 Å². The average Bonchev–Trinajstić information content (AvgIpc) is 2.73. The van der Waals surface area contributed by atoms with E-state index in [2.05, 4.69) is 0 Å². The minimum absolute atomic E-state index is 0.0432. The fourth-order valence-corrected chi connectivity index (χ4v) is 5.85. The quantitative estimate of drug-likeness (QED) is 0.430. The van der Waals surface area contributed by atoms with Crippen LogP contribution >= 0.6 is 0 Å². The fourth-order valence-electron chi connectivity index (χ4n) is 5.85. The Bertz CT molecular complexity index is 908. The minimum Gasteiger partial charge on any atom is -0.507 e. The van der Waals surface area contributed by atoms with Gasteiger partial charge in [0, 0.05) is 36.0 Å². The summed E-state index contributed by atoms with van der Waals surface area (Å²) in [7, 11) is 0. The van der Waals surface area contributed by atoms with Crippen molar-refractivity contribution < 1.29 is 33.8 Å². The molecule has 4 atom stereocenters. The van der Waals surface area contributed by atoms with E-state index in [4.69, 9.17) is 9.47 Å². The molecule has 29 heavy (non-hydrogen) atoms. The van der Waals surface area contributed by atoms with Crippen molar-refractivity contribution in [2.24, 2.45) is 17.3 Å². The molecule has 0 aromatic heterocycles. The maximum Gasteiger partial charge on any atom is 0.312 e. The summed E-state index contributed by atoms with van der Waals surface area (Å²) in [5, 5.41) is 11.0. The van der Waals surface area contributed by atoms with Crippen LogP contribution in [-0.4, -0.2) is 40.3 Å². The van der Waals surface area contributed by atoms with Gasteiger partial charge in [0.05, 0.1) is 5.41 Å². The molecule has 4 rings (SSSR count). The molecule has 1 N–H and O–H groups in total. The van der Waals surface area contributed by atoms with Crippen LogP contribution in [0.25, 0.3) is 0 Å². The zero-order chi connectivity index (χ0) is 21.3. The van der Waals surface area contributed by atoms with Crippen LogP contribution in [0.15, 0.2) is 22.5 Å². The van der Waals surface area contributed by atoms with Crippen molar-refractivity contribution >= 4 is 23.5 Å². The maximum atomic E-state index is 13.1. The average molecular weight is 402 g/mol. The topological polar surface area (TPSA) is 107 Å². The first-order valence-electron chi connectivity index (χ1n) is 10.2. The minimum atomic E-state index is -0.912. The van der Waals surface area contributed by atoms with Gasteiger partial charge in [0.2, 0.25) is 11.6 Å². The molecule has 7 heteroatoms. The Morgan fingerprint density at radius 3 is 2.52 bits per heavy atom. The van der Waals surface area contributed by atoms with Gasteiger partial charge >= 0.3 is 11.9 Å². The van der Waals surface area contributed by atoms with Crippen LogP contribution in [0.5, 0.6) is 0 Å². The smallest absolute Gasteiger partial charge is 0.312 e. The standard InChI is InChI=1S/C22H26O7/c1-10(2)15-18(25)16-12(17(24)19(15)26)9-22-7-5-6-21(4,20(27)29-22)14(22)8-13(16)28-11(3)23/h10,13-14,25H,5-9H2,1-4H3. The van der Waals surface area contributed by atoms with E-state index < -0.39 is 34.7 Å². The maximum absolute atomic E-state index is 13.1. The number of ether oxygens (including phenoxy) is 2. The number of rotatable bonds is 2. The summed E-state index contributed by atoms with van der Waals surface area (Å²) in [6.45, 7) is 6.57. The summed E-state index contributed by atoms with van der Waals surface area (Å²) >= 11 is 0. The van der Waals surface area contributed by atoms with E-state index in [0.29, 0.717) is 12.8 Å². The molecule has 1 heterocycles. The number of Topliss-reactive ketones (excluding diaryl/α,β-unsaturated/α-hetero) is 2. The van der Waals surface area contributed by atoms with E-state index in [1.807, 2.05) is 6.92 Å². The third-order valence-electron chi connectivity index (χ3n) is 7.16. The van der Waals surface area contributed by atoms with Gasteiger partial charge in [-0.2, -0.15) is 0 Å². The largest absolute Gasteiger partial charge is 0.507 e. The molecule has 0 aromatic carbocycles. The summed E-state index contributed by atoms with van der Waals surface area (Å²) in [6.07, 6.45) is 1.41. The predicted molar refractivity (Wildman–Crippen MR) is 101 cm³/mol. The Kier molecular flexibility index (Phi) is 4.30. The molecule has 4 unspecified atom stereocenters. The molecular weight excluding hydrogens is 376 g/mol. The molecule has 7 nitrogen and oxygen atoms in total.